The van der Waals surface area contributed by atoms with Crippen LogP contribution >= 0.6 is 0 Å². The van der Waals surface area contributed by atoms with E-state index in [1.807, 2.05) is 0 Å². The van der Waals surface area contributed by atoms with Gasteiger partial charge in [0.15, 0.2) is 40.2 Å². The summed E-state index contributed by atoms with van der Waals surface area (Å²) in [5.41, 5.74) is -3.24. The van der Waals surface area contributed by atoms with Crippen molar-refractivity contribution in [2.24, 2.45) is 0 Å². The molecule has 0 unspecified atom stereocenters. The van der Waals surface area contributed by atoms with Crippen LogP contribution in [-0.4, -0.2) is 38.6 Å². The lowest BCUT2D eigenvalue weighted by Crippen LogP contribution is -2.19. The molecule has 0 saturated heterocycles. The van der Waals surface area contributed by atoms with E-state index >= 15 is 0 Å². The number of carbonyl (C=O) groups is 4. The van der Waals surface area contributed by atoms with E-state index in [2.05, 4.69) is 0 Å². The zero-order valence-corrected chi connectivity index (χ0v) is 17.9. The van der Waals surface area contributed by atoms with Crippen LogP contribution < -0.4 is 10.2 Å². The molecule has 10 nitrogen and oxygen atoms in total. The molecule has 0 aliphatic heterocycles. The van der Waals surface area contributed by atoms with Gasteiger partial charge in [0, 0.05) is 12.5 Å². The standard InChI is InChI=1S/C23H18O10/c1-8(24)15-20(31)18-22(32-11(4)27)16(9(2)25)19(30)17(10(3)26)23(18)33-21(15)12-5-6-13(28)14(29)7-12/h5-7,28-30H,1-4H3. The first-order valence-corrected chi connectivity index (χ1v) is 9.50. The molecule has 0 atom stereocenters. The average molecular weight is 454 g/mol. The average Bonchev–Trinajstić information content (AvgIpc) is 2.68. The molecule has 10 heteroatoms. The summed E-state index contributed by atoms with van der Waals surface area (Å²) in [4.78, 5) is 62.3. The molecule has 0 saturated carbocycles. The molecule has 0 amide bonds. The van der Waals surface area contributed by atoms with Crippen molar-refractivity contribution in [1.29, 1.82) is 0 Å². The lowest BCUT2D eigenvalue weighted by atomic mass is 9.95. The third-order valence-electron chi connectivity index (χ3n) is 4.81. The minimum atomic E-state index is -1.03. The van der Waals surface area contributed by atoms with Crippen LogP contribution in [0.5, 0.6) is 23.0 Å². The molecular weight excluding hydrogens is 436 g/mol. The number of phenolic OH excluding ortho intramolecular Hbond substituents is 3. The Morgan fingerprint density at radius 2 is 1.39 bits per heavy atom. The van der Waals surface area contributed by atoms with Gasteiger partial charge in [-0.3, -0.25) is 24.0 Å². The number of ketones is 3. The summed E-state index contributed by atoms with van der Waals surface area (Å²) in [6.07, 6.45) is 0. The van der Waals surface area contributed by atoms with Crippen LogP contribution in [0.2, 0.25) is 0 Å². The first-order valence-electron chi connectivity index (χ1n) is 9.50. The molecule has 3 N–H and O–H groups in total. The van der Waals surface area contributed by atoms with E-state index in [-0.39, 0.29) is 11.3 Å². The summed E-state index contributed by atoms with van der Waals surface area (Å²) in [7, 11) is 0. The highest BCUT2D eigenvalue weighted by Gasteiger charge is 2.32. The highest BCUT2D eigenvalue weighted by atomic mass is 16.5. The monoisotopic (exact) mass is 454 g/mol. The Bertz CT molecular complexity index is 1440. The Kier molecular flexibility index (Phi) is 5.78. The van der Waals surface area contributed by atoms with Gasteiger partial charge in [-0.1, -0.05) is 0 Å². The van der Waals surface area contributed by atoms with E-state index in [1.165, 1.54) is 6.07 Å². The number of fused-ring (bicyclic) bond motifs is 1. The number of ether oxygens (including phenoxy) is 1. The van der Waals surface area contributed by atoms with Crippen molar-refractivity contribution >= 4 is 34.3 Å². The van der Waals surface area contributed by atoms with Crippen molar-refractivity contribution in [2.75, 3.05) is 0 Å². The van der Waals surface area contributed by atoms with Crippen LogP contribution in [0, 0.1) is 0 Å². The van der Waals surface area contributed by atoms with Crippen molar-refractivity contribution in [3.63, 3.8) is 0 Å². The van der Waals surface area contributed by atoms with Crippen molar-refractivity contribution in [2.45, 2.75) is 27.7 Å². The summed E-state index contributed by atoms with van der Waals surface area (Å²) >= 11 is 0. The molecule has 0 aliphatic rings. The molecule has 1 aromatic heterocycles. The summed E-state index contributed by atoms with van der Waals surface area (Å²) in [5.74, 6) is -6.25. The van der Waals surface area contributed by atoms with Crippen LogP contribution in [0.1, 0.15) is 58.8 Å². The van der Waals surface area contributed by atoms with Crippen molar-refractivity contribution < 1.29 is 43.7 Å². The maximum atomic E-state index is 13.5. The SMILES string of the molecule is CC(=O)Oc1c(C(C)=O)c(O)c(C(C)=O)c2oc(-c3ccc(O)c(O)c3)c(C(C)=O)c(=O)c12. The number of carbonyl (C=O) groups excluding carboxylic acids is 4. The van der Waals surface area contributed by atoms with Gasteiger partial charge in [-0.25, -0.2) is 0 Å². The molecule has 0 aliphatic carbocycles. The third kappa shape index (κ3) is 3.82. The normalized spacial score (nSPS) is 10.8. The van der Waals surface area contributed by atoms with Crippen LogP contribution in [0.3, 0.4) is 0 Å². The molecule has 170 valence electrons. The van der Waals surface area contributed by atoms with Gasteiger partial charge in [-0.05, 0) is 39.0 Å². The van der Waals surface area contributed by atoms with E-state index < -0.39 is 79.4 Å². The third-order valence-corrected chi connectivity index (χ3v) is 4.81. The Balaban J connectivity index is 2.68. The van der Waals surface area contributed by atoms with Gasteiger partial charge < -0.3 is 24.5 Å². The van der Waals surface area contributed by atoms with Crippen molar-refractivity contribution in [3.05, 3.63) is 45.1 Å². The molecule has 0 spiro atoms. The quantitative estimate of drug-likeness (QED) is 0.225. The maximum Gasteiger partial charge on any atom is 0.308 e. The fourth-order valence-corrected chi connectivity index (χ4v) is 3.47. The van der Waals surface area contributed by atoms with E-state index in [4.69, 9.17) is 9.15 Å². The first-order chi connectivity index (χ1) is 15.4. The molecule has 2 aromatic carbocycles. The van der Waals surface area contributed by atoms with E-state index in [0.29, 0.717) is 0 Å². The molecule has 33 heavy (non-hydrogen) atoms. The number of rotatable bonds is 5. The number of phenols is 3. The Morgan fingerprint density at radius 1 is 0.818 bits per heavy atom. The number of hydrogen-bond acceptors (Lipinski definition) is 10. The van der Waals surface area contributed by atoms with Crippen molar-refractivity contribution in [1.82, 2.24) is 0 Å². The zero-order chi connectivity index (χ0) is 24.8. The fraction of sp³-hybridized carbons (Fsp3) is 0.174. The number of esters is 1. The molecular formula is C23H18O10. The highest BCUT2D eigenvalue weighted by molar-refractivity contribution is 6.17. The number of benzene rings is 2. The summed E-state index contributed by atoms with van der Waals surface area (Å²) < 4.78 is 10.8. The number of aromatic hydroxyl groups is 3. The zero-order valence-electron chi connectivity index (χ0n) is 17.9. The predicted octanol–water partition coefficient (Wildman–Crippen LogP) is 3.11. The van der Waals surface area contributed by atoms with Gasteiger partial charge in [0.05, 0.1) is 0 Å². The van der Waals surface area contributed by atoms with Gasteiger partial charge in [0.2, 0.25) is 5.43 Å². The van der Waals surface area contributed by atoms with Gasteiger partial charge in [0.25, 0.3) is 0 Å². The van der Waals surface area contributed by atoms with Crippen LogP contribution in [0.4, 0.5) is 0 Å². The topological polar surface area (TPSA) is 168 Å². The number of hydrogen-bond donors (Lipinski definition) is 3. The Labute approximate surface area is 185 Å². The smallest absolute Gasteiger partial charge is 0.308 e. The van der Waals surface area contributed by atoms with Gasteiger partial charge >= 0.3 is 5.97 Å². The van der Waals surface area contributed by atoms with Gasteiger partial charge in [-0.2, -0.15) is 0 Å². The first kappa shape index (κ1) is 23.2. The summed E-state index contributed by atoms with van der Waals surface area (Å²) in [6, 6.07) is 3.36. The molecule has 1 heterocycles. The second-order valence-electron chi connectivity index (χ2n) is 7.23. The molecule has 3 rings (SSSR count). The van der Waals surface area contributed by atoms with E-state index in [1.54, 1.807) is 0 Å². The van der Waals surface area contributed by atoms with Crippen LogP contribution in [-0.2, 0) is 4.79 Å². The number of Topliss-reactive ketones (excluding diaryl/α,β-unsaturated/α-hetero) is 3. The molecule has 0 radical (unpaired) electrons. The summed E-state index contributed by atoms with van der Waals surface area (Å²) in [5, 5.41) is 29.6. The molecule has 0 bridgehead atoms. The fourth-order valence-electron chi connectivity index (χ4n) is 3.47. The van der Waals surface area contributed by atoms with Crippen LogP contribution in [0.15, 0.2) is 27.4 Å². The lowest BCUT2D eigenvalue weighted by Gasteiger charge is -2.17. The molecule has 3 aromatic rings. The van der Waals surface area contributed by atoms with E-state index in [0.717, 1.165) is 39.8 Å². The van der Waals surface area contributed by atoms with Crippen LogP contribution in [0.25, 0.3) is 22.3 Å². The second kappa shape index (κ2) is 8.23. The Morgan fingerprint density at radius 3 is 1.88 bits per heavy atom. The molecule has 0 fully saturated rings. The second-order valence-corrected chi connectivity index (χ2v) is 7.23. The Hall–Kier alpha value is -4.47. The predicted molar refractivity (Wildman–Crippen MR) is 114 cm³/mol. The largest absolute Gasteiger partial charge is 0.506 e. The summed E-state index contributed by atoms with van der Waals surface area (Å²) in [6.45, 7) is 4.13. The van der Waals surface area contributed by atoms with Gasteiger partial charge in [0.1, 0.15) is 33.6 Å². The lowest BCUT2D eigenvalue weighted by molar-refractivity contribution is -0.131. The minimum Gasteiger partial charge on any atom is -0.506 e. The van der Waals surface area contributed by atoms with Crippen molar-refractivity contribution in [3.8, 4) is 34.3 Å². The minimum absolute atomic E-state index is 0.00632. The van der Waals surface area contributed by atoms with E-state index in [9.17, 15) is 39.3 Å². The van der Waals surface area contributed by atoms with Gasteiger partial charge in [-0.15, -0.1) is 0 Å². The highest BCUT2D eigenvalue weighted by Crippen LogP contribution is 2.42. The maximum absolute atomic E-state index is 13.5.